The average Bonchev–Trinajstić information content (AvgIpc) is 3.09. The first-order valence-corrected chi connectivity index (χ1v) is 6.69. The first kappa shape index (κ1) is 14.5. The first-order chi connectivity index (χ1) is 8.11. The van der Waals surface area contributed by atoms with E-state index in [-0.39, 0.29) is 5.91 Å². The van der Waals surface area contributed by atoms with E-state index in [4.69, 9.17) is 4.74 Å². The van der Waals surface area contributed by atoms with E-state index in [1.165, 1.54) is 12.8 Å². The predicted octanol–water partition coefficient (Wildman–Crippen LogP) is 1.40. The van der Waals surface area contributed by atoms with Crippen LogP contribution in [0, 0.1) is 0 Å². The minimum atomic E-state index is 0.214. The zero-order chi connectivity index (χ0) is 12.7. The smallest absolute Gasteiger partial charge is 0.236 e. The second-order valence-corrected chi connectivity index (χ2v) is 5.04. The van der Waals surface area contributed by atoms with Crippen LogP contribution in [0.25, 0.3) is 0 Å². The van der Waals surface area contributed by atoms with Crippen molar-refractivity contribution >= 4 is 5.91 Å². The molecular weight excluding hydrogens is 216 g/mol. The molecular formula is C13H26N2O2. The highest BCUT2D eigenvalue weighted by molar-refractivity contribution is 5.78. The normalized spacial score (nSPS) is 15.3. The van der Waals surface area contributed by atoms with Crippen LogP contribution in [0.1, 0.15) is 39.5 Å². The van der Waals surface area contributed by atoms with Gasteiger partial charge in [0.25, 0.3) is 0 Å². The van der Waals surface area contributed by atoms with Crippen LogP contribution in [0.15, 0.2) is 0 Å². The van der Waals surface area contributed by atoms with E-state index in [2.05, 4.69) is 5.32 Å². The zero-order valence-electron chi connectivity index (χ0n) is 11.4. The van der Waals surface area contributed by atoms with Crippen LogP contribution in [-0.4, -0.2) is 49.7 Å². The van der Waals surface area contributed by atoms with E-state index in [1.807, 2.05) is 25.8 Å². The number of hydrogen-bond donors (Lipinski definition) is 1. The molecule has 0 bridgehead atoms. The summed E-state index contributed by atoms with van der Waals surface area (Å²) in [6.07, 6.45) is 4.78. The van der Waals surface area contributed by atoms with Crippen molar-refractivity contribution < 1.29 is 9.53 Å². The van der Waals surface area contributed by atoms with Gasteiger partial charge in [0.05, 0.1) is 12.6 Å². The summed E-state index contributed by atoms with van der Waals surface area (Å²) in [6.45, 7) is 6.27. The third-order valence-electron chi connectivity index (χ3n) is 2.96. The molecule has 1 saturated carbocycles. The third kappa shape index (κ3) is 6.64. The molecule has 0 heterocycles. The standard InChI is InChI=1S/C13H26N2O2/c1-11(2)17-9-5-4-8-14-10-13(16)15(3)12-6-7-12/h11-12,14H,4-10H2,1-3H3. The van der Waals surface area contributed by atoms with Gasteiger partial charge in [-0.25, -0.2) is 0 Å². The molecule has 1 aliphatic carbocycles. The van der Waals surface area contributed by atoms with E-state index in [9.17, 15) is 4.79 Å². The fourth-order valence-corrected chi connectivity index (χ4v) is 1.66. The molecule has 4 nitrogen and oxygen atoms in total. The second-order valence-electron chi connectivity index (χ2n) is 5.04. The van der Waals surface area contributed by atoms with Gasteiger partial charge < -0.3 is 15.0 Å². The number of nitrogens with zero attached hydrogens (tertiary/aromatic N) is 1. The van der Waals surface area contributed by atoms with Crippen molar-refractivity contribution in [2.45, 2.75) is 51.7 Å². The summed E-state index contributed by atoms with van der Waals surface area (Å²) in [5.41, 5.74) is 0. The van der Waals surface area contributed by atoms with Crippen LogP contribution in [0.4, 0.5) is 0 Å². The summed E-state index contributed by atoms with van der Waals surface area (Å²) in [6, 6.07) is 0.517. The van der Waals surface area contributed by atoms with Crippen molar-refractivity contribution in [1.82, 2.24) is 10.2 Å². The van der Waals surface area contributed by atoms with E-state index in [0.717, 1.165) is 26.0 Å². The van der Waals surface area contributed by atoms with Gasteiger partial charge in [-0.05, 0) is 46.1 Å². The molecule has 0 aromatic heterocycles. The topological polar surface area (TPSA) is 41.6 Å². The van der Waals surface area contributed by atoms with Crippen molar-refractivity contribution in [3.8, 4) is 0 Å². The number of amides is 1. The monoisotopic (exact) mass is 242 g/mol. The Labute approximate surface area is 105 Å². The molecule has 4 heteroatoms. The van der Waals surface area contributed by atoms with Crippen LogP contribution in [-0.2, 0) is 9.53 Å². The Hall–Kier alpha value is -0.610. The maximum Gasteiger partial charge on any atom is 0.236 e. The number of rotatable bonds is 9. The number of ether oxygens (including phenoxy) is 1. The van der Waals surface area contributed by atoms with Crippen molar-refractivity contribution in [1.29, 1.82) is 0 Å². The number of carbonyl (C=O) groups excluding carboxylic acids is 1. The summed E-state index contributed by atoms with van der Waals surface area (Å²) in [5.74, 6) is 0.214. The van der Waals surface area contributed by atoms with Gasteiger partial charge in [-0.2, -0.15) is 0 Å². The molecule has 0 saturated heterocycles. The summed E-state index contributed by atoms with van der Waals surface area (Å²) >= 11 is 0. The van der Waals surface area contributed by atoms with Crippen molar-refractivity contribution in [2.24, 2.45) is 0 Å². The quantitative estimate of drug-likeness (QED) is 0.621. The van der Waals surface area contributed by atoms with Crippen LogP contribution in [0.2, 0.25) is 0 Å². The molecule has 0 atom stereocenters. The lowest BCUT2D eigenvalue weighted by molar-refractivity contribution is -0.129. The third-order valence-corrected chi connectivity index (χ3v) is 2.96. The second kappa shape index (κ2) is 7.67. The van der Waals surface area contributed by atoms with E-state index >= 15 is 0 Å². The van der Waals surface area contributed by atoms with Gasteiger partial charge in [-0.1, -0.05) is 0 Å². The Morgan fingerprint density at radius 2 is 2.12 bits per heavy atom. The van der Waals surface area contributed by atoms with Crippen molar-refractivity contribution in [3.05, 3.63) is 0 Å². The number of nitrogens with one attached hydrogen (secondary N) is 1. The summed E-state index contributed by atoms with van der Waals surface area (Å²) in [4.78, 5) is 13.5. The minimum absolute atomic E-state index is 0.214. The molecule has 1 N–H and O–H groups in total. The van der Waals surface area contributed by atoms with Crippen molar-refractivity contribution in [2.75, 3.05) is 26.7 Å². The van der Waals surface area contributed by atoms with Crippen LogP contribution >= 0.6 is 0 Å². The molecule has 1 aliphatic rings. The maximum atomic E-state index is 11.6. The number of hydrogen-bond acceptors (Lipinski definition) is 3. The fourth-order valence-electron chi connectivity index (χ4n) is 1.66. The van der Waals surface area contributed by atoms with E-state index < -0.39 is 0 Å². The molecule has 1 amide bonds. The molecule has 1 fully saturated rings. The molecule has 0 aliphatic heterocycles. The zero-order valence-corrected chi connectivity index (χ0v) is 11.4. The Morgan fingerprint density at radius 3 is 2.71 bits per heavy atom. The van der Waals surface area contributed by atoms with E-state index in [0.29, 0.717) is 18.7 Å². The number of likely N-dealkylation sites (N-methyl/N-ethyl adjacent to an activating group) is 1. The van der Waals surface area contributed by atoms with Gasteiger partial charge in [0.1, 0.15) is 0 Å². The number of unbranched alkanes of at least 4 members (excludes halogenated alkanes) is 1. The van der Waals surface area contributed by atoms with Gasteiger partial charge in [0, 0.05) is 19.7 Å². The van der Waals surface area contributed by atoms with Crippen LogP contribution < -0.4 is 5.32 Å². The minimum Gasteiger partial charge on any atom is -0.379 e. The SMILES string of the molecule is CC(C)OCCCCNCC(=O)N(C)C1CC1. The Balaban J connectivity index is 1.88. The summed E-state index contributed by atoms with van der Waals surface area (Å²) < 4.78 is 5.44. The summed E-state index contributed by atoms with van der Waals surface area (Å²) in [7, 11) is 1.90. The highest BCUT2D eigenvalue weighted by Gasteiger charge is 2.28. The molecule has 0 radical (unpaired) electrons. The van der Waals surface area contributed by atoms with Gasteiger partial charge >= 0.3 is 0 Å². The first-order valence-electron chi connectivity index (χ1n) is 6.69. The molecule has 100 valence electrons. The van der Waals surface area contributed by atoms with Gasteiger partial charge in [-0.3, -0.25) is 4.79 Å². The van der Waals surface area contributed by atoms with Gasteiger partial charge in [0.15, 0.2) is 0 Å². The fraction of sp³-hybridized carbons (Fsp3) is 0.923. The lowest BCUT2D eigenvalue weighted by Crippen LogP contribution is -2.37. The molecule has 1 rings (SSSR count). The largest absolute Gasteiger partial charge is 0.379 e. The maximum absolute atomic E-state index is 11.6. The average molecular weight is 242 g/mol. The van der Waals surface area contributed by atoms with Crippen molar-refractivity contribution in [3.63, 3.8) is 0 Å². The lowest BCUT2D eigenvalue weighted by Gasteiger charge is -2.16. The highest BCUT2D eigenvalue weighted by atomic mass is 16.5. The van der Waals surface area contributed by atoms with Crippen LogP contribution in [0.3, 0.4) is 0 Å². The Morgan fingerprint density at radius 1 is 1.41 bits per heavy atom. The molecule has 0 aromatic rings. The predicted molar refractivity (Wildman–Crippen MR) is 69.0 cm³/mol. The van der Waals surface area contributed by atoms with E-state index in [1.54, 1.807) is 0 Å². The van der Waals surface area contributed by atoms with Crippen LogP contribution in [0.5, 0.6) is 0 Å². The summed E-state index contributed by atoms with van der Waals surface area (Å²) in [5, 5.41) is 3.19. The van der Waals surface area contributed by atoms with Gasteiger partial charge in [-0.15, -0.1) is 0 Å². The van der Waals surface area contributed by atoms with Gasteiger partial charge in [0.2, 0.25) is 5.91 Å². The molecule has 0 spiro atoms. The highest BCUT2D eigenvalue weighted by Crippen LogP contribution is 2.24. The molecule has 0 unspecified atom stereocenters. The number of carbonyl (C=O) groups is 1. The molecule has 0 aromatic carbocycles. The Bertz CT molecular complexity index is 227. The molecule has 17 heavy (non-hydrogen) atoms. The Kier molecular flexibility index (Phi) is 6.52. The lowest BCUT2D eigenvalue weighted by atomic mass is 10.3.